The van der Waals surface area contributed by atoms with Crippen LogP contribution >= 0.6 is 0 Å². The van der Waals surface area contributed by atoms with Gasteiger partial charge in [-0.25, -0.2) is 0 Å². The van der Waals surface area contributed by atoms with E-state index < -0.39 is 27.1 Å². The van der Waals surface area contributed by atoms with Gasteiger partial charge < -0.3 is 4.18 Å². The van der Waals surface area contributed by atoms with E-state index in [1.807, 2.05) is 0 Å². The molecule has 10 heteroatoms. The molecule has 0 radical (unpaired) electrons. The third-order valence-corrected chi connectivity index (χ3v) is 2.98. The molecule has 2 aromatic rings. The number of nitrogens with zero attached hydrogens (tertiary/aromatic N) is 2. The molecule has 102 valence electrons. The average Bonchev–Trinajstić information content (AvgIpc) is 2.27. The first-order valence-corrected chi connectivity index (χ1v) is 6.11. The first-order valence-electron chi connectivity index (χ1n) is 4.70. The normalized spacial score (nSPS) is 12.6. The number of fused-ring (bicyclic) bond motifs is 1. The highest BCUT2D eigenvalue weighted by atomic mass is 32.2. The molecule has 0 saturated carbocycles. The van der Waals surface area contributed by atoms with Crippen molar-refractivity contribution in [2.75, 3.05) is 0 Å². The minimum Gasteiger partial charge on any atom is -0.355 e. The van der Waals surface area contributed by atoms with Gasteiger partial charge in [-0.2, -0.15) is 26.6 Å². The lowest BCUT2D eigenvalue weighted by Crippen LogP contribution is -2.29. The molecule has 0 N–H and O–H groups in total. The number of aromatic nitrogens is 2. The molecule has 0 aromatic carbocycles. The summed E-state index contributed by atoms with van der Waals surface area (Å²) in [7, 11) is -5.85. The van der Waals surface area contributed by atoms with Gasteiger partial charge in [0, 0.05) is 6.20 Å². The topological polar surface area (TPSA) is 77.7 Å². The van der Waals surface area contributed by atoms with Gasteiger partial charge in [0.1, 0.15) is 5.65 Å². The zero-order chi connectivity index (χ0) is 14.3. The number of rotatable bonds is 2. The highest BCUT2D eigenvalue weighted by Crippen LogP contribution is 2.25. The van der Waals surface area contributed by atoms with E-state index in [-0.39, 0.29) is 5.65 Å². The molecule has 0 unspecified atom stereocenters. The van der Waals surface area contributed by atoms with Crippen molar-refractivity contribution in [2.45, 2.75) is 5.51 Å². The van der Waals surface area contributed by atoms with Crippen LogP contribution in [0.2, 0.25) is 0 Å². The number of halogens is 3. The maximum atomic E-state index is 12.1. The van der Waals surface area contributed by atoms with Gasteiger partial charge in [0.05, 0.1) is 6.07 Å². The third kappa shape index (κ3) is 2.52. The summed E-state index contributed by atoms with van der Waals surface area (Å²) in [5, 5.41) is 0. The zero-order valence-electron chi connectivity index (χ0n) is 8.96. The summed E-state index contributed by atoms with van der Waals surface area (Å²) in [6, 6.07) is 4.84. The smallest absolute Gasteiger partial charge is 0.355 e. The van der Waals surface area contributed by atoms with Crippen LogP contribution in [-0.2, 0) is 10.1 Å². The Hall–Kier alpha value is -2.10. The van der Waals surface area contributed by atoms with E-state index in [2.05, 4.69) is 9.17 Å². The van der Waals surface area contributed by atoms with Gasteiger partial charge in [0.15, 0.2) is 0 Å². The van der Waals surface area contributed by atoms with E-state index in [1.54, 1.807) is 0 Å². The summed E-state index contributed by atoms with van der Waals surface area (Å²) in [6.07, 6.45) is 1.33. The van der Waals surface area contributed by atoms with Crippen molar-refractivity contribution in [3.05, 3.63) is 40.8 Å². The lowest BCUT2D eigenvalue weighted by Gasteiger charge is -2.08. The molecular weight excluding hydrogens is 289 g/mol. The molecule has 0 fully saturated rings. The summed E-state index contributed by atoms with van der Waals surface area (Å²) in [5.41, 5.74) is -6.39. The lowest BCUT2D eigenvalue weighted by molar-refractivity contribution is -0.0501. The molecule has 0 amide bonds. The summed E-state index contributed by atoms with van der Waals surface area (Å²) in [5.74, 6) is -0.937. The van der Waals surface area contributed by atoms with Crippen LogP contribution in [0.15, 0.2) is 35.3 Å². The second-order valence-corrected chi connectivity index (χ2v) is 4.88. The second kappa shape index (κ2) is 4.23. The Morgan fingerprint density at radius 1 is 1.26 bits per heavy atom. The molecule has 0 saturated heterocycles. The van der Waals surface area contributed by atoms with E-state index >= 15 is 0 Å². The van der Waals surface area contributed by atoms with Crippen LogP contribution in [0.4, 0.5) is 13.2 Å². The Morgan fingerprint density at radius 3 is 2.58 bits per heavy atom. The Labute approximate surface area is 104 Å². The molecule has 2 aromatic heterocycles. The Bertz CT molecular complexity index is 782. The summed E-state index contributed by atoms with van der Waals surface area (Å²) in [4.78, 5) is 15.0. The standard InChI is InChI=1S/C9H5F3N2O4S/c10-9(11,12)19(16,17)18-7-5-8(15)14-4-2-1-3-6(14)13-7/h1-5H. The summed E-state index contributed by atoms with van der Waals surface area (Å²) in [6.45, 7) is 0. The van der Waals surface area contributed by atoms with Crippen LogP contribution in [0.5, 0.6) is 5.88 Å². The fraction of sp³-hybridized carbons (Fsp3) is 0.111. The fourth-order valence-corrected chi connectivity index (χ4v) is 1.64. The van der Waals surface area contributed by atoms with Crippen LogP contribution < -0.4 is 9.74 Å². The van der Waals surface area contributed by atoms with Crippen LogP contribution in [-0.4, -0.2) is 23.3 Å². The molecule has 2 heterocycles. The van der Waals surface area contributed by atoms with Crippen molar-refractivity contribution >= 4 is 15.8 Å². The quantitative estimate of drug-likeness (QED) is 0.608. The monoisotopic (exact) mass is 294 g/mol. The molecule has 2 rings (SSSR count). The first kappa shape index (κ1) is 13.3. The number of hydrogen-bond acceptors (Lipinski definition) is 5. The maximum absolute atomic E-state index is 12.1. The SMILES string of the molecule is O=c1cc(OS(=O)(=O)C(F)(F)F)nc2ccccn12. The van der Waals surface area contributed by atoms with Crippen LogP contribution in [0.1, 0.15) is 0 Å². The Kier molecular flexibility index (Phi) is 2.97. The molecule has 0 aliphatic heterocycles. The van der Waals surface area contributed by atoms with Gasteiger partial charge in [-0.15, -0.1) is 0 Å². The van der Waals surface area contributed by atoms with E-state index in [0.717, 1.165) is 4.40 Å². The molecule has 0 atom stereocenters. The minimum absolute atomic E-state index is 0.0395. The van der Waals surface area contributed by atoms with E-state index in [1.165, 1.54) is 24.4 Å². The van der Waals surface area contributed by atoms with Crippen molar-refractivity contribution in [2.24, 2.45) is 0 Å². The van der Waals surface area contributed by atoms with E-state index in [0.29, 0.717) is 6.07 Å². The van der Waals surface area contributed by atoms with Gasteiger partial charge in [-0.1, -0.05) is 6.07 Å². The Balaban J connectivity index is 2.52. The third-order valence-electron chi connectivity index (χ3n) is 2.03. The van der Waals surface area contributed by atoms with Crippen LogP contribution in [0.3, 0.4) is 0 Å². The van der Waals surface area contributed by atoms with Gasteiger partial charge >= 0.3 is 15.6 Å². The largest absolute Gasteiger partial charge is 0.534 e. The molecule has 19 heavy (non-hydrogen) atoms. The number of alkyl halides is 3. The lowest BCUT2D eigenvalue weighted by atomic mass is 10.4. The second-order valence-electron chi connectivity index (χ2n) is 3.34. The van der Waals surface area contributed by atoms with E-state index in [4.69, 9.17) is 0 Å². The van der Waals surface area contributed by atoms with Gasteiger partial charge in [0.25, 0.3) is 5.56 Å². The van der Waals surface area contributed by atoms with Crippen molar-refractivity contribution in [1.82, 2.24) is 9.38 Å². The molecule has 0 spiro atoms. The average molecular weight is 294 g/mol. The minimum atomic E-state index is -5.85. The maximum Gasteiger partial charge on any atom is 0.534 e. The van der Waals surface area contributed by atoms with Gasteiger partial charge in [-0.05, 0) is 12.1 Å². The number of pyridine rings is 1. The fourth-order valence-electron chi connectivity index (χ4n) is 1.23. The van der Waals surface area contributed by atoms with Crippen molar-refractivity contribution in [3.63, 3.8) is 0 Å². The van der Waals surface area contributed by atoms with Crippen molar-refractivity contribution in [3.8, 4) is 5.88 Å². The first-order chi connectivity index (χ1) is 8.71. The molecule has 6 nitrogen and oxygen atoms in total. The van der Waals surface area contributed by atoms with Crippen LogP contribution in [0, 0.1) is 0 Å². The predicted octanol–water partition coefficient (Wildman–Crippen LogP) is 0.923. The van der Waals surface area contributed by atoms with E-state index in [9.17, 15) is 26.4 Å². The zero-order valence-corrected chi connectivity index (χ0v) is 9.77. The van der Waals surface area contributed by atoms with Gasteiger partial charge in [-0.3, -0.25) is 9.20 Å². The molecular formula is C9H5F3N2O4S. The molecule has 0 aliphatic carbocycles. The predicted molar refractivity (Wildman–Crippen MR) is 57.1 cm³/mol. The molecule has 0 bridgehead atoms. The summed E-state index contributed by atoms with van der Waals surface area (Å²) < 4.78 is 62.7. The highest BCUT2D eigenvalue weighted by molar-refractivity contribution is 7.87. The summed E-state index contributed by atoms with van der Waals surface area (Å²) >= 11 is 0. The Morgan fingerprint density at radius 2 is 1.95 bits per heavy atom. The van der Waals surface area contributed by atoms with Crippen molar-refractivity contribution < 1.29 is 25.8 Å². The van der Waals surface area contributed by atoms with Crippen LogP contribution in [0.25, 0.3) is 5.65 Å². The highest BCUT2D eigenvalue weighted by Gasteiger charge is 2.48. The molecule has 0 aliphatic rings. The number of hydrogen-bond donors (Lipinski definition) is 0. The van der Waals surface area contributed by atoms with Crippen molar-refractivity contribution in [1.29, 1.82) is 0 Å². The van der Waals surface area contributed by atoms with Gasteiger partial charge in [0.2, 0.25) is 5.88 Å².